The van der Waals surface area contributed by atoms with Gasteiger partial charge >= 0.3 is 0 Å². The van der Waals surface area contributed by atoms with E-state index in [9.17, 15) is 24.9 Å². The Labute approximate surface area is 166 Å². The molecule has 0 aliphatic carbocycles. The summed E-state index contributed by atoms with van der Waals surface area (Å²) >= 11 is 0. The molecule has 1 fully saturated rings. The lowest BCUT2D eigenvalue weighted by molar-refractivity contribution is -0.116. The SMILES string of the molecule is CCCC(=O)Nc1nc(C(=O)CCC)nc2c1ncn2[C@@H]1O[C@H](CO)[C@@H](O)[C@H]1O. The average Bonchev–Trinajstić information content (AvgIpc) is 3.23. The normalized spacial score (nSPS) is 24.2. The maximum absolute atomic E-state index is 12.4. The number of aliphatic hydroxyl groups excluding tert-OH is 3. The van der Waals surface area contributed by atoms with Crippen molar-refractivity contribution in [3.8, 4) is 0 Å². The number of fused-ring (bicyclic) bond motifs is 1. The largest absolute Gasteiger partial charge is 0.394 e. The van der Waals surface area contributed by atoms with Crippen molar-refractivity contribution in [1.82, 2.24) is 19.5 Å². The number of aromatic nitrogens is 4. The van der Waals surface area contributed by atoms with Crippen LogP contribution in [0.3, 0.4) is 0 Å². The van der Waals surface area contributed by atoms with Crippen LogP contribution in [-0.2, 0) is 9.53 Å². The lowest BCUT2D eigenvalue weighted by atomic mass is 10.1. The molecule has 0 spiro atoms. The van der Waals surface area contributed by atoms with Gasteiger partial charge in [-0.2, -0.15) is 0 Å². The highest BCUT2D eigenvalue weighted by atomic mass is 16.6. The number of hydrogen-bond acceptors (Lipinski definition) is 9. The number of carbonyl (C=O) groups excluding carboxylic acids is 2. The van der Waals surface area contributed by atoms with Crippen molar-refractivity contribution in [3.05, 3.63) is 12.2 Å². The van der Waals surface area contributed by atoms with Crippen LogP contribution in [-0.4, -0.2) is 71.4 Å². The van der Waals surface area contributed by atoms with E-state index >= 15 is 0 Å². The molecule has 0 aromatic carbocycles. The molecule has 1 aliphatic rings. The first-order chi connectivity index (χ1) is 13.9. The number of rotatable bonds is 8. The van der Waals surface area contributed by atoms with Crippen molar-refractivity contribution in [2.45, 2.75) is 64.1 Å². The Hall–Kier alpha value is -2.47. The second kappa shape index (κ2) is 8.91. The lowest BCUT2D eigenvalue weighted by Gasteiger charge is -2.17. The van der Waals surface area contributed by atoms with Crippen LogP contribution in [0, 0.1) is 0 Å². The highest BCUT2D eigenvalue weighted by Crippen LogP contribution is 2.32. The second-order valence-electron chi connectivity index (χ2n) is 6.92. The number of ketones is 1. The zero-order valence-electron chi connectivity index (χ0n) is 16.3. The third-order valence-corrected chi connectivity index (χ3v) is 4.67. The van der Waals surface area contributed by atoms with Crippen molar-refractivity contribution in [2.24, 2.45) is 0 Å². The predicted octanol–water partition coefficient (Wildman–Crippen LogP) is 0.159. The molecule has 0 bridgehead atoms. The van der Waals surface area contributed by atoms with Crippen molar-refractivity contribution < 1.29 is 29.6 Å². The summed E-state index contributed by atoms with van der Waals surface area (Å²) in [5, 5.41) is 32.3. The van der Waals surface area contributed by atoms with Gasteiger partial charge in [-0.25, -0.2) is 15.0 Å². The zero-order valence-corrected chi connectivity index (χ0v) is 16.3. The quantitative estimate of drug-likeness (QED) is 0.447. The predicted molar refractivity (Wildman–Crippen MR) is 101 cm³/mol. The minimum Gasteiger partial charge on any atom is -0.394 e. The third-order valence-electron chi connectivity index (χ3n) is 4.67. The van der Waals surface area contributed by atoms with Gasteiger partial charge in [-0.05, 0) is 12.8 Å². The smallest absolute Gasteiger partial charge is 0.225 e. The molecule has 2 aromatic rings. The number of ether oxygens (including phenoxy) is 1. The first-order valence-corrected chi connectivity index (χ1v) is 9.61. The first kappa shape index (κ1) is 21.2. The fourth-order valence-corrected chi connectivity index (χ4v) is 3.18. The molecule has 2 aromatic heterocycles. The van der Waals surface area contributed by atoms with Crippen LogP contribution >= 0.6 is 0 Å². The summed E-state index contributed by atoms with van der Waals surface area (Å²) in [4.78, 5) is 37.2. The molecule has 3 heterocycles. The summed E-state index contributed by atoms with van der Waals surface area (Å²) in [6.07, 6.45) is -1.61. The fourth-order valence-electron chi connectivity index (χ4n) is 3.18. The van der Waals surface area contributed by atoms with Crippen LogP contribution in [0.1, 0.15) is 56.4 Å². The molecule has 1 amide bonds. The molecule has 1 aliphatic heterocycles. The van der Waals surface area contributed by atoms with Gasteiger partial charge in [-0.15, -0.1) is 0 Å². The standard InChI is InChI=1S/C18H25N5O6/c1-3-5-9(25)15-21-16(20-11(26)6-4-2)12-17(22-15)23(8-19-12)18-14(28)13(27)10(7-24)29-18/h8,10,13-14,18,24,27-28H,3-7H2,1-2H3,(H,20,21,22,26)/t10-,13-,14-,18-/m1/s1. The second-order valence-corrected chi connectivity index (χ2v) is 6.92. The lowest BCUT2D eigenvalue weighted by Crippen LogP contribution is -2.33. The number of hydrogen-bond donors (Lipinski definition) is 4. The highest BCUT2D eigenvalue weighted by molar-refractivity contribution is 6.00. The van der Waals surface area contributed by atoms with Crippen LogP contribution in [0.2, 0.25) is 0 Å². The Balaban J connectivity index is 2.07. The van der Waals surface area contributed by atoms with E-state index in [0.29, 0.717) is 12.8 Å². The molecule has 0 saturated carbocycles. The van der Waals surface area contributed by atoms with E-state index in [1.807, 2.05) is 13.8 Å². The summed E-state index contributed by atoms with van der Waals surface area (Å²) < 4.78 is 6.90. The number of nitrogens with one attached hydrogen (secondary N) is 1. The molecule has 11 nitrogen and oxygen atoms in total. The Morgan fingerprint density at radius 2 is 1.90 bits per heavy atom. The van der Waals surface area contributed by atoms with Gasteiger partial charge in [0, 0.05) is 12.8 Å². The maximum Gasteiger partial charge on any atom is 0.225 e. The van der Waals surface area contributed by atoms with Gasteiger partial charge in [0.1, 0.15) is 18.3 Å². The minimum atomic E-state index is -1.34. The molecule has 4 N–H and O–H groups in total. The molecule has 4 atom stereocenters. The van der Waals surface area contributed by atoms with Gasteiger partial charge in [0.15, 0.2) is 34.8 Å². The summed E-state index contributed by atoms with van der Waals surface area (Å²) in [5.74, 6) is -0.559. The van der Waals surface area contributed by atoms with Crippen LogP contribution in [0.15, 0.2) is 6.33 Å². The molecule has 0 unspecified atom stereocenters. The molecular formula is C18H25N5O6. The highest BCUT2D eigenvalue weighted by Gasteiger charge is 2.44. The Morgan fingerprint density at radius 3 is 2.52 bits per heavy atom. The van der Waals surface area contributed by atoms with Crippen LogP contribution in [0.4, 0.5) is 5.82 Å². The summed E-state index contributed by atoms with van der Waals surface area (Å²) in [6.45, 7) is 3.24. The Bertz CT molecular complexity index is 900. The molecule has 29 heavy (non-hydrogen) atoms. The molecule has 0 radical (unpaired) electrons. The third kappa shape index (κ3) is 4.13. The summed E-state index contributed by atoms with van der Waals surface area (Å²) in [6, 6.07) is 0. The van der Waals surface area contributed by atoms with Gasteiger partial charge < -0.3 is 25.4 Å². The number of Topliss-reactive ketones (excluding diaryl/α,β-unsaturated/α-hetero) is 1. The van der Waals surface area contributed by atoms with E-state index in [1.165, 1.54) is 10.9 Å². The summed E-state index contributed by atoms with van der Waals surface area (Å²) in [7, 11) is 0. The van der Waals surface area contributed by atoms with E-state index < -0.39 is 31.1 Å². The Kier molecular flexibility index (Phi) is 6.52. The summed E-state index contributed by atoms with van der Waals surface area (Å²) in [5.41, 5.74) is 0.390. The maximum atomic E-state index is 12.4. The van der Waals surface area contributed by atoms with E-state index in [1.54, 1.807) is 0 Å². The van der Waals surface area contributed by atoms with E-state index in [0.717, 1.165) is 0 Å². The van der Waals surface area contributed by atoms with E-state index in [4.69, 9.17) is 4.74 Å². The van der Waals surface area contributed by atoms with Crippen LogP contribution in [0.5, 0.6) is 0 Å². The molecule has 3 rings (SSSR count). The van der Waals surface area contributed by atoms with Crippen LogP contribution < -0.4 is 5.32 Å². The topological polar surface area (TPSA) is 160 Å². The number of imidazole rings is 1. The number of amides is 1. The van der Waals surface area contributed by atoms with E-state index in [2.05, 4.69) is 20.3 Å². The zero-order chi connectivity index (χ0) is 21.1. The fraction of sp³-hybridized carbons (Fsp3) is 0.611. The number of anilines is 1. The van der Waals surface area contributed by atoms with Crippen molar-refractivity contribution in [3.63, 3.8) is 0 Å². The first-order valence-electron chi connectivity index (χ1n) is 9.61. The average molecular weight is 407 g/mol. The Morgan fingerprint density at radius 1 is 1.17 bits per heavy atom. The van der Waals surface area contributed by atoms with Gasteiger partial charge in [0.25, 0.3) is 0 Å². The number of aliphatic hydroxyl groups is 3. The minimum absolute atomic E-state index is 0.0837. The molecule has 1 saturated heterocycles. The van der Waals surface area contributed by atoms with Gasteiger partial charge in [-0.1, -0.05) is 13.8 Å². The van der Waals surface area contributed by atoms with Gasteiger partial charge in [-0.3, -0.25) is 14.2 Å². The molecule has 11 heteroatoms. The van der Waals surface area contributed by atoms with E-state index in [-0.39, 0.29) is 47.3 Å². The van der Waals surface area contributed by atoms with Gasteiger partial charge in [0.05, 0.1) is 12.9 Å². The number of carbonyl (C=O) groups is 2. The van der Waals surface area contributed by atoms with Gasteiger partial charge in [0.2, 0.25) is 5.91 Å². The number of nitrogens with zero attached hydrogens (tertiary/aromatic N) is 4. The van der Waals surface area contributed by atoms with Crippen LogP contribution in [0.25, 0.3) is 11.2 Å². The monoisotopic (exact) mass is 407 g/mol. The van der Waals surface area contributed by atoms with Crippen molar-refractivity contribution in [1.29, 1.82) is 0 Å². The molecular weight excluding hydrogens is 382 g/mol. The van der Waals surface area contributed by atoms with Crippen molar-refractivity contribution >= 4 is 28.7 Å². The molecule has 158 valence electrons. The van der Waals surface area contributed by atoms with Crippen molar-refractivity contribution in [2.75, 3.05) is 11.9 Å².